The van der Waals surface area contributed by atoms with E-state index in [1.807, 2.05) is 0 Å². The minimum atomic E-state index is -3.95. The molecular formula is C38H33ClF6N8O5S. The molecule has 0 saturated heterocycles. The molecule has 0 aliphatic heterocycles. The second-order valence-electron chi connectivity index (χ2n) is 15.0. The molecule has 0 bridgehead atoms. The van der Waals surface area contributed by atoms with Crippen LogP contribution >= 0.6 is 11.6 Å². The van der Waals surface area contributed by atoms with Crippen molar-refractivity contribution in [3.8, 4) is 11.4 Å². The van der Waals surface area contributed by atoms with Crippen molar-refractivity contribution in [2.75, 3.05) is 11.0 Å². The average molecular weight is 863 g/mol. The zero-order chi connectivity index (χ0) is 42.6. The number of alkyl halides is 4. The molecule has 59 heavy (non-hydrogen) atoms. The van der Waals surface area contributed by atoms with E-state index in [0.717, 1.165) is 23.0 Å². The maximum atomic E-state index is 16.2. The van der Waals surface area contributed by atoms with Crippen LogP contribution < -0.4 is 20.8 Å². The summed E-state index contributed by atoms with van der Waals surface area (Å²) in [5.74, 6) is -11.7. The molecular weight excluding hydrogens is 830 g/mol. The molecule has 6 aromatic rings. The van der Waals surface area contributed by atoms with Gasteiger partial charge in [-0.2, -0.15) is 19.0 Å². The second kappa shape index (κ2) is 14.0. The first kappa shape index (κ1) is 40.2. The van der Waals surface area contributed by atoms with Crippen molar-refractivity contribution in [3.63, 3.8) is 0 Å². The van der Waals surface area contributed by atoms with Crippen molar-refractivity contribution in [2.24, 2.45) is 18.7 Å². The van der Waals surface area contributed by atoms with E-state index in [1.54, 1.807) is 13.8 Å². The summed E-state index contributed by atoms with van der Waals surface area (Å²) in [6, 6.07) is 7.20. The number of hydrogen-bond donors (Lipinski definition) is 2. The molecule has 1 saturated carbocycles. The Morgan fingerprint density at radius 3 is 2.41 bits per heavy atom. The lowest BCUT2D eigenvalue weighted by atomic mass is 9.89. The van der Waals surface area contributed by atoms with E-state index >= 15 is 13.6 Å². The molecule has 4 atom stereocenters. The molecule has 3 N–H and O–H groups in total. The quantitative estimate of drug-likeness (QED) is 0.127. The molecule has 3 heterocycles. The van der Waals surface area contributed by atoms with Crippen LogP contribution in [0.3, 0.4) is 0 Å². The Balaban J connectivity index is 1.49. The number of carbonyl (C=O) groups excluding carboxylic acids is 1. The van der Waals surface area contributed by atoms with Crippen LogP contribution in [0.2, 0.25) is 5.02 Å². The van der Waals surface area contributed by atoms with Gasteiger partial charge >= 0.3 is 0 Å². The molecule has 1 amide bonds. The third-order valence-electron chi connectivity index (χ3n) is 10.4. The lowest BCUT2D eigenvalue weighted by molar-refractivity contribution is -0.122. The number of hydrogen-bond acceptors (Lipinski definition) is 8. The summed E-state index contributed by atoms with van der Waals surface area (Å²) in [4.78, 5) is 33.7. The summed E-state index contributed by atoms with van der Waals surface area (Å²) >= 11 is 6.61. The maximum absolute atomic E-state index is 16.2. The number of nitrogens with one attached hydrogen (secondary N) is 1. The van der Waals surface area contributed by atoms with Crippen LogP contribution in [0.25, 0.3) is 27.5 Å². The van der Waals surface area contributed by atoms with Gasteiger partial charge in [-0.25, -0.2) is 35.6 Å². The standard InChI is InChI=1S/C38H33ClF6N8O5S/c1-15(2)58-19-5-6-20-25(13-19)47-36(52(37(20)55)26-8-7-24(39)28-31(26)51(3)49-35(28)50-59(4,56)57)22(11-16-9-17(40)12-18(41)10-16)30(34(46)54)53-32-27(29(48-53)33(42)43)21-14-23(21)38(32,44)45/h5-10,12-13,15,21-23,30,33H,11,14H2,1-4H3,(H2,46,54)(H,49,50)/t21-,22-,23+,30?/m0/s1. The molecule has 3 aromatic carbocycles. The van der Waals surface area contributed by atoms with Gasteiger partial charge in [-0.3, -0.25) is 23.6 Å². The number of aryl methyl sites for hydroxylation is 1. The van der Waals surface area contributed by atoms with E-state index in [9.17, 15) is 30.8 Å². The first-order valence-corrected chi connectivity index (χ1v) is 20.3. The van der Waals surface area contributed by atoms with E-state index in [2.05, 4.69) is 14.9 Å². The molecule has 8 rings (SSSR count). The van der Waals surface area contributed by atoms with Gasteiger partial charge in [-0.15, -0.1) is 0 Å². The number of nitrogens with zero attached hydrogens (tertiary/aromatic N) is 6. The van der Waals surface area contributed by atoms with E-state index in [1.165, 1.54) is 42.1 Å². The molecule has 310 valence electrons. The van der Waals surface area contributed by atoms with Crippen LogP contribution in [0.5, 0.6) is 5.75 Å². The predicted octanol–water partition coefficient (Wildman–Crippen LogP) is 6.76. The van der Waals surface area contributed by atoms with Gasteiger partial charge < -0.3 is 10.5 Å². The van der Waals surface area contributed by atoms with Gasteiger partial charge in [-0.1, -0.05) is 11.6 Å². The zero-order valence-corrected chi connectivity index (χ0v) is 32.9. The fourth-order valence-corrected chi connectivity index (χ4v) is 8.96. The molecule has 2 aliphatic carbocycles. The Bertz CT molecular complexity index is 2900. The summed E-state index contributed by atoms with van der Waals surface area (Å²) in [6.07, 6.45) is -3.56. The fourth-order valence-electron chi connectivity index (χ4n) is 8.23. The number of anilines is 1. The van der Waals surface area contributed by atoms with E-state index < -0.39 is 98.5 Å². The maximum Gasteiger partial charge on any atom is 0.293 e. The number of nitrogens with two attached hydrogens (primary N) is 1. The highest BCUT2D eigenvalue weighted by Gasteiger charge is 2.67. The lowest BCUT2D eigenvalue weighted by Crippen LogP contribution is -2.39. The van der Waals surface area contributed by atoms with Gasteiger partial charge in [0.05, 0.1) is 50.8 Å². The Kier molecular flexibility index (Phi) is 9.53. The predicted molar refractivity (Wildman–Crippen MR) is 204 cm³/mol. The van der Waals surface area contributed by atoms with Crippen LogP contribution in [0, 0.1) is 17.6 Å². The highest BCUT2D eigenvalue weighted by molar-refractivity contribution is 7.92. The minimum Gasteiger partial charge on any atom is -0.491 e. The van der Waals surface area contributed by atoms with Crippen LogP contribution in [-0.2, 0) is 34.2 Å². The zero-order valence-electron chi connectivity index (χ0n) is 31.4. The number of sulfonamides is 1. The summed E-state index contributed by atoms with van der Waals surface area (Å²) in [5.41, 5.74) is 2.58. The molecule has 21 heteroatoms. The monoisotopic (exact) mass is 862 g/mol. The number of primary amides is 1. The normalized spacial score (nSPS) is 18.1. The minimum absolute atomic E-state index is 0.0104. The molecule has 1 unspecified atom stereocenters. The smallest absolute Gasteiger partial charge is 0.293 e. The van der Waals surface area contributed by atoms with Crippen molar-refractivity contribution < 1.29 is 44.3 Å². The number of amides is 1. The SMILES string of the molecule is CC(C)Oc1ccc2c(=O)n(-c3ccc(Cl)c4c(NS(C)(=O)=O)nn(C)c34)c([C@@H](Cc3cc(F)cc(F)c3)C(C(N)=O)n3nc(C(F)F)c4c3C(F)(F)[C@@H]3C[C@H]43)nc2c1. The van der Waals surface area contributed by atoms with Crippen molar-refractivity contribution in [1.82, 2.24) is 29.1 Å². The molecule has 2 aliphatic rings. The Labute approximate surface area is 335 Å². The molecule has 0 radical (unpaired) electrons. The van der Waals surface area contributed by atoms with E-state index in [4.69, 9.17) is 27.1 Å². The largest absolute Gasteiger partial charge is 0.491 e. The highest BCUT2D eigenvalue weighted by Crippen LogP contribution is 2.68. The number of aromatic nitrogens is 6. The number of halogens is 7. The van der Waals surface area contributed by atoms with Crippen LogP contribution in [0.15, 0.2) is 53.3 Å². The van der Waals surface area contributed by atoms with E-state index in [-0.39, 0.29) is 62.2 Å². The van der Waals surface area contributed by atoms with Gasteiger partial charge in [0.2, 0.25) is 15.9 Å². The summed E-state index contributed by atoms with van der Waals surface area (Å²) < 4.78 is 127. The number of fused-ring (bicyclic) bond motifs is 5. The topological polar surface area (TPSA) is 169 Å². The van der Waals surface area contributed by atoms with Crippen molar-refractivity contribution >= 4 is 55.2 Å². The second-order valence-corrected chi connectivity index (χ2v) is 17.1. The van der Waals surface area contributed by atoms with Gasteiger partial charge in [0.1, 0.15) is 40.6 Å². The summed E-state index contributed by atoms with van der Waals surface area (Å²) in [7, 11) is -2.54. The summed E-state index contributed by atoms with van der Waals surface area (Å²) in [5, 5.41) is 8.13. The number of rotatable bonds is 12. The van der Waals surface area contributed by atoms with Gasteiger partial charge in [0, 0.05) is 30.7 Å². The molecule has 1 fully saturated rings. The van der Waals surface area contributed by atoms with E-state index in [0.29, 0.717) is 10.7 Å². The van der Waals surface area contributed by atoms with Crippen molar-refractivity contribution in [2.45, 2.75) is 63.0 Å². The number of benzene rings is 3. The van der Waals surface area contributed by atoms with Crippen LogP contribution in [0.4, 0.5) is 32.2 Å². The first-order valence-electron chi connectivity index (χ1n) is 18.1. The van der Waals surface area contributed by atoms with Crippen LogP contribution in [-0.4, -0.2) is 55.8 Å². The van der Waals surface area contributed by atoms with Crippen molar-refractivity contribution in [3.05, 3.63) is 104 Å². The Morgan fingerprint density at radius 1 is 1.08 bits per heavy atom. The van der Waals surface area contributed by atoms with Gasteiger partial charge in [-0.05, 0) is 74.6 Å². The Hall–Kier alpha value is -5.63. The summed E-state index contributed by atoms with van der Waals surface area (Å²) in [6.45, 7) is 3.49. The van der Waals surface area contributed by atoms with Crippen molar-refractivity contribution in [1.29, 1.82) is 0 Å². The average Bonchev–Trinajstić information content (AvgIpc) is 3.65. The highest BCUT2D eigenvalue weighted by atomic mass is 35.5. The molecule has 13 nitrogen and oxygen atoms in total. The van der Waals surface area contributed by atoms with Gasteiger partial charge in [0.25, 0.3) is 17.9 Å². The fraction of sp³-hybridized carbons (Fsp3) is 0.342. The third kappa shape index (κ3) is 6.84. The lowest BCUT2D eigenvalue weighted by Gasteiger charge is -2.30. The number of ether oxygens (including phenoxy) is 1. The number of carbonyl (C=O) groups is 1. The molecule has 0 spiro atoms. The van der Waals surface area contributed by atoms with Crippen LogP contribution in [0.1, 0.15) is 72.9 Å². The third-order valence-corrected chi connectivity index (χ3v) is 11.3. The first-order chi connectivity index (χ1) is 27.7. The van der Waals surface area contributed by atoms with Gasteiger partial charge in [0.15, 0.2) is 5.82 Å². The Morgan fingerprint density at radius 2 is 1.78 bits per heavy atom. The molecule has 3 aromatic heterocycles.